The molecule has 0 aliphatic heterocycles. The van der Waals surface area contributed by atoms with E-state index in [1.54, 1.807) is 12.1 Å². The molecule has 0 radical (unpaired) electrons. The van der Waals surface area contributed by atoms with Crippen molar-refractivity contribution in [2.45, 2.75) is 37.6 Å². The number of hydrogen-bond donors (Lipinski definition) is 2. The van der Waals surface area contributed by atoms with Crippen molar-refractivity contribution in [1.29, 1.82) is 0 Å². The van der Waals surface area contributed by atoms with Crippen LogP contribution in [0.15, 0.2) is 54.6 Å². The first-order chi connectivity index (χ1) is 12.5. The Morgan fingerprint density at radius 1 is 1.08 bits per heavy atom. The van der Waals surface area contributed by atoms with Crippen LogP contribution in [0.5, 0.6) is 0 Å². The number of halogens is 1. The van der Waals surface area contributed by atoms with Crippen LogP contribution in [0, 0.1) is 0 Å². The van der Waals surface area contributed by atoms with Crippen LogP contribution in [0.25, 0.3) is 0 Å². The van der Waals surface area contributed by atoms with Crippen LogP contribution in [-0.2, 0) is 15.0 Å². The Kier molecular flexibility index (Phi) is 5.62. The van der Waals surface area contributed by atoms with E-state index in [1.165, 1.54) is 12.5 Å². The molecule has 0 unspecified atom stereocenters. The average Bonchev–Trinajstić information content (AvgIpc) is 3.42. The van der Waals surface area contributed by atoms with Gasteiger partial charge in [-0.1, -0.05) is 54.1 Å². The predicted molar refractivity (Wildman–Crippen MR) is 103 cm³/mol. The van der Waals surface area contributed by atoms with Crippen molar-refractivity contribution >= 4 is 23.4 Å². The molecule has 0 bridgehead atoms. The Morgan fingerprint density at radius 3 is 2.31 bits per heavy atom. The number of amides is 2. The van der Waals surface area contributed by atoms with Crippen molar-refractivity contribution in [2.75, 3.05) is 6.54 Å². The number of benzene rings is 2. The van der Waals surface area contributed by atoms with Crippen LogP contribution in [0.3, 0.4) is 0 Å². The number of carbonyl (C=O) groups is 2. The minimum Gasteiger partial charge on any atom is -0.355 e. The summed E-state index contributed by atoms with van der Waals surface area (Å²) in [6, 6.07) is 17.1. The molecule has 136 valence electrons. The highest BCUT2D eigenvalue weighted by Gasteiger charge is 2.44. The first-order valence-corrected chi connectivity index (χ1v) is 9.21. The molecule has 1 aliphatic rings. The average molecular weight is 371 g/mol. The minimum atomic E-state index is -0.364. The van der Waals surface area contributed by atoms with Crippen LogP contribution >= 0.6 is 11.6 Å². The molecule has 2 N–H and O–H groups in total. The third-order valence-corrected chi connectivity index (χ3v) is 5.16. The topological polar surface area (TPSA) is 58.2 Å². The molecular weight excluding hydrogens is 348 g/mol. The van der Waals surface area contributed by atoms with Crippen LogP contribution in [0.2, 0.25) is 5.02 Å². The summed E-state index contributed by atoms with van der Waals surface area (Å²) in [6.07, 6.45) is 2.37. The number of nitrogens with one attached hydrogen (secondary N) is 2. The number of carbonyl (C=O) groups excluding carboxylic acids is 2. The van der Waals surface area contributed by atoms with Gasteiger partial charge in [0.2, 0.25) is 11.8 Å². The Morgan fingerprint density at radius 2 is 1.73 bits per heavy atom. The summed E-state index contributed by atoms with van der Waals surface area (Å²) in [4.78, 5) is 24.0. The van der Waals surface area contributed by atoms with Crippen LogP contribution in [0.1, 0.15) is 43.4 Å². The highest BCUT2D eigenvalue weighted by atomic mass is 35.5. The van der Waals surface area contributed by atoms with Crippen molar-refractivity contribution in [3.63, 3.8) is 0 Å². The van der Waals surface area contributed by atoms with Gasteiger partial charge in [0.25, 0.3) is 0 Å². The van der Waals surface area contributed by atoms with Gasteiger partial charge in [-0.2, -0.15) is 0 Å². The summed E-state index contributed by atoms with van der Waals surface area (Å²) in [6.45, 7) is 2.08. The van der Waals surface area contributed by atoms with Crippen LogP contribution < -0.4 is 10.6 Å². The maximum Gasteiger partial charge on any atom is 0.222 e. The van der Waals surface area contributed by atoms with Crippen molar-refractivity contribution in [2.24, 2.45) is 0 Å². The molecule has 1 fully saturated rings. The minimum absolute atomic E-state index is 0.0686. The lowest BCUT2D eigenvalue weighted by molar-refractivity contribution is -0.122. The lowest BCUT2D eigenvalue weighted by Crippen LogP contribution is -2.36. The highest BCUT2D eigenvalue weighted by molar-refractivity contribution is 6.30. The van der Waals surface area contributed by atoms with Crippen molar-refractivity contribution < 1.29 is 9.59 Å². The number of rotatable bonds is 7. The normalized spacial score (nSPS) is 15.8. The lowest BCUT2D eigenvalue weighted by Gasteiger charge is -2.20. The fraction of sp³-hybridized carbons (Fsp3) is 0.333. The molecule has 2 aromatic carbocycles. The zero-order valence-corrected chi connectivity index (χ0v) is 15.6. The molecule has 1 atom stereocenters. The fourth-order valence-corrected chi connectivity index (χ4v) is 3.35. The second kappa shape index (κ2) is 7.92. The van der Waals surface area contributed by atoms with E-state index in [-0.39, 0.29) is 29.7 Å². The molecule has 0 heterocycles. The molecule has 1 saturated carbocycles. The first kappa shape index (κ1) is 18.5. The molecule has 1 aliphatic carbocycles. The molecule has 5 heteroatoms. The molecule has 26 heavy (non-hydrogen) atoms. The molecule has 0 saturated heterocycles. The van der Waals surface area contributed by atoms with E-state index in [0.29, 0.717) is 11.6 Å². The second-order valence-electron chi connectivity index (χ2n) is 6.93. The zero-order valence-electron chi connectivity index (χ0n) is 14.8. The molecule has 2 aromatic rings. The third-order valence-electron chi connectivity index (χ3n) is 4.90. The van der Waals surface area contributed by atoms with E-state index in [4.69, 9.17) is 11.6 Å². The largest absolute Gasteiger partial charge is 0.355 e. The summed E-state index contributed by atoms with van der Waals surface area (Å²) >= 11 is 5.93. The van der Waals surface area contributed by atoms with E-state index in [9.17, 15) is 9.59 Å². The summed E-state index contributed by atoms with van der Waals surface area (Å²) < 4.78 is 0. The smallest absolute Gasteiger partial charge is 0.222 e. The number of hydrogen-bond acceptors (Lipinski definition) is 2. The van der Waals surface area contributed by atoms with Gasteiger partial charge in [0.15, 0.2) is 0 Å². The van der Waals surface area contributed by atoms with Gasteiger partial charge in [-0.3, -0.25) is 9.59 Å². The van der Waals surface area contributed by atoms with E-state index >= 15 is 0 Å². The fourth-order valence-electron chi connectivity index (χ4n) is 3.23. The summed E-state index contributed by atoms with van der Waals surface area (Å²) in [7, 11) is 0. The molecule has 3 rings (SSSR count). The zero-order chi connectivity index (χ0) is 18.6. The molecule has 0 aromatic heterocycles. The molecule has 0 spiro atoms. The second-order valence-corrected chi connectivity index (χ2v) is 7.37. The summed E-state index contributed by atoms with van der Waals surface area (Å²) in [5.41, 5.74) is 2.21. The SMILES string of the molecule is CC(=O)N[C@@H](CC(=O)NCC1(c2ccccc2)CC1)c1ccc(Cl)cc1. The highest BCUT2D eigenvalue weighted by Crippen LogP contribution is 2.47. The van der Waals surface area contributed by atoms with Gasteiger partial charge in [-0.25, -0.2) is 0 Å². The quantitative estimate of drug-likeness (QED) is 0.779. The Balaban J connectivity index is 1.61. The van der Waals surface area contributed by atoms with Gasteiger partial charge in [-0.15, -0.1) is 0 Å². The molecule has 2 amide bonds. The van der Waals surface area contributed by atoms with Crippen LogP contribution in [-0.4, -0.2) is 18.4 Å². The van der Waals surface area contributed by atoms with E-state index in [1.807, 2.05) is 30.3 Å². The van der Waals surface area contributed by atoms with Crippen LogP contribution in [0.4, 0.5) is 0 Å². The Labute approximate surface area is 158 Å². The third kappa shape index (κ3) is 4.64. The maximum atomic E-state index is 12.5. The monoisotopic (exact) mass is 370 g/mol. The Hall–Kier alpha value is -2.33. The van der Waals surface area contributed by atoms with Crippen molar-refractivity contribution in [3.8, 4) is 0 Å². The van der Waals surface area contributed by atoms with Gasteiger partial charge in [0, 0.05) is 23.9 Å². The summed E-state index contributed by atoms with van der Waals surface area (Å²) in [5.74, 6) is -0.235. The van der Waals surface area contributed by atoms with E-state index < -0.39 is 0 Å². The van der Waals surface area contributed by atoms with Gasteiger partial charge in [0.1, 0.15) is 0 Å². The molecule has 4 nitrogen and oxygen atoms in total. The van der Waals surface area contributed by atoms with Gasteiger partial charge < -0.3 is 10.6 Å². The summed E-state index contributed by atoms with van der Waals surface area (Å²) in [5, 5.41) is 6.52. The van der Waals surface area contributed by atoms with E-state index in [2.05, 4.69) is 22.8 Å². The standard InChI is InChI=1S/C21H23ClN2O2/c1-15(25)24-19(16-7-9-18(22)10-8-16)13-20(26)23-14-21(11-12-21)17-5-3-2-4-6-17/h2-10,19H,11-14H2,1H3,(H,23,26)(H,24,25)/t19-/m0/s1. The Bertz CT molecular complexity index is 770. The van der Waals surface area contributed by atoms with E-state index in [0.717, 1.165) is 18.4 Å². The van der Waals surface area contributed by atoms with Crippen molar-refractivity contribution in [1.82, 2.24) is 10.6 Å². The van der Waals surface area contributed by atoms with Gasteiger partial charge in [-0.05, 0) is 36.1 Å². The predicted octanol–water partition coefficient (Wildman–Crippen LogP) is 3.76. The lowest BCUT2D eigenvalue weighted by atomic mass is 9.96. The van der Waals surface area contributed by atoms with Gasteiger partial charge in [0.05, 0.1) is 12.5 Å². The first-order valence-electron chi connectivity index (χ1n) is 8.83. The molecular formula is C21H23ClN2O2. The van der Waals surface area contributed by atoms with Crippen molar-refractivity contribution in [3.05, 3.63) is 70.7 Å². The maximum absolute atomic E-state index is 12.5. The van der Waals surface area contributed by atoms with Gasteiger partial charge >= 0.3 is 0 Å².